The van der Waals surface area contributed by atoms with Gasteiger partial charge in [-0.25, -0.2) is 13.8 Å². The molecular formula is C32H30ClF2N7O2. The molecule has 2 aromatic heterocycles. The molecular weight excluding hydrogens is 588 g/mol. The van der Waals surface area contributed by atoms with Crippen LogP contribution in [0.25, 0.3) is 33.1 Å². The number of benzene rings is 2. The first-order valence-corrected chi connectivity index (χ1v) is 14.8. The number of likely N-dealkylation sites (N-methyl/N-ethyl adjacent to an activating group) is 1. The maximum atomic E-state index is 16.0. The third kappa shape index (κ3) is 5.51. The molecule has 4 heterocycles. The minimum Gasteiger partial charge on any atom is -0.462 e. The lowest BCUT2D eigenvalue weighted by Crippen LogP contribution is -2.55. The zero-order chi connectivity index (χ0) is 31.0. The van der Waals surface area contributed by atoms with Crippen LogP contribution in [-0.2, 0) is 4.79 Å². The summed E-state index contributed by atoms with van der Waals surface area (Å²) in [6.07, 6.45) is 3.39. The van der Waals surface area contributed by atoms with Crippen LogP contribution in [0, 0.1) is 23.0 Å². The van der Waals surface area contributed by atoms with Crippen molar-refractivity contribution in [3.8, 4) is 23.3 Å². The van der Waals surface area contributed by atoms with Gasteiger partial charge in [0.25, 0.3) is 0 Å². The van der Waals surface area contributed by atoms with Gasteiger partial charge < -0.3 is 19.4 Å². The van der Waals surface area contributed by atoms with Crippen molar-refractivity contribution in [1.29, 1.82) is 5.26 Å². The maximum absolute atomic E-state index is 16.0. The molecule has 9 nitrogen and oxygen atoms in total. The highest BCUT2D eigenvalue weighted by molar-refractivity contribution is 6.36. The quantitative estimate of drug-likeness (QED) is 0.256. The van der Waals surface area contributed by atoms with Crippen molar-refractivity contribution >= 4 is 45.1 Å². The number of hydrogen-bond donors (Lipinski definition) is 0. The molecule has 0 spiro atoms. The van der Waals surface area contributed by atoms with Crippen LogP contribution in [0.5, 0.6) is 6.01 Å². The molecule has 0 saturated carbocycles. The molecule has 226 valence electrons. The van der Waals surface area contributed by atoms with Crippen LogP contribution < -0.4 is 9.64 Å². The second-order valence-corrected chi connectivity index (χ2v) is 11.4. The molecule has 0 aliphatic carbocycles. The molecule has 2 aliphatic rings. The maximum Gasteiger partial charge on any atom is 0.320 e. The smallest absolute Gasteiger partial charge is 0.320 e. The number of rotatable bonds is 7. The molecule has 44 heavy (non-hydrogen) atoms. The van der Waals surface area contributed by atoms with E-state index in [0.717, 1.165) is 19.4 Å². The number of nitriles is 1. The summed E-state index contributed by atoms with van der Waals surface area (Å²) in [5.41, 5.74) is 0.477. The van der Waals surface area contributed by atoms with Gasteiger partial charge >= 0.3 is 6.01 Å². The Morgan fingerprint density at radius 3 is 2.75 bits per heavy atom. The van der Waals surface area contributed by atoms with Crippen LogP contribution in [-0.4, -0.2) is 82.6 Å². The zero-order valence-corrected chi connectivity index (χ0v) is 24.9. The van der Waals surface area contributed by atoms with E-state index in [2.05, 4.69) is 27.5 Å². The van der Waals surface area contributed by atoms with E-state index >= 15 is 4.39 Å². The number of likely N-dealkylation sites (tertiary alicyclic amines) is 1. The van der Waals surface area contributed by atoms with E-state index in [4.69, 9.17) is 21.3 Å². The molecule has 2 aromatic carbocycles. The molecule has 2 aliphatic heterocycles. The van der Waals surface area contributed by atoms with Crippen LogP contribution in [0.2, 0.25) is 5.02 Å². The summed E-state index contributed by atoms with van der Waals surface area (Å²) in [4.78, 5) is 32.2. The average molecular weight is 618 g/mol. The van der Waals surface area contributed by atoms with E-state index in [0.29, 0.717) is 47.2 Å². The number of anilines is 1. The third-order valence-electron chi connectivity index (χ3n) is 8.43. The Balaban J connectivity index is 1.47. The first kappa shape index (κ1) is 29.7. The number of piperazine rings is 1. The van der Waals surface area contributed by atoms with Gasteiger partial charge in [0.15, 0.2) is 5.65 Å². The summed E-state index contributed by atoms with van der Waals surface area (Å²) in [5, 5.41) is 10.7. The summed E-state index contributed by atoms with van der Waals surface area (Å²) in [7, 11) is 2.04. The number of halogens is 3. The number of fused-ring (bicyclic) bond motifs is 2. The topological polar surface area (TPSA) is 98.5 Å². The lowest BCUT2D eigenvalue weighted by Gasteiger charge is -2.41. The number of carbonyl (C=O) groups is 1. The van der Waals surface area contributed by atoms with Crippen molar-refractivity contribution in [1.82, 2.24) is 24.8 Å². The lowest BCUT2D eigenvalue weighted by molar-refractivity contribution is -0.128. The highest BCUT2D eigenvalue weighted by atomic mass is 35.5. The zero-order valence-electron chi connectivity index (χ0n) is 24.1. The van der Waals surface area contributed by atoms with Gasteiger partial charge in [-0.2, -0.15) is 15.2 Å². The highest BCUT2D eigenvalue weighted by Gasteiger charge is 2.32. The third-order valence-corrected chi connectivity index (χ3v) is 8.80. The molecule has 0 bridgehead atoms. The first-order valence-electron chi connectivity index (χ1n) is 14.4. The molecule has 4 aromatic rings. The number of aromatic nitrogens is 3. The molecule has 2 atom stereocenters. The van der Waals surface area contributed by atoms with Crippen molar-refractivity contribution in [3.63, 3.8) is 0 Å². The molecule has 12 heteroatoms. The normalized spacial score (nSPS) is 19.0. The summed E-state index contributed by atoms with van der Waals surface area (Å²) >= 11 is 6.36. The fourth-order valence-corrected chi connectivity index (χ4v) is 6.37. The van der Waals surface area contributed by atoms with Gasteiger partial charge in [-0.15, -0.1) is 0 Å². The minimum absolute atomic E-state index is 0.0366. The van der Waals surface area contributed by atoms with Crippen molar-refractivity contribution < 1.29 is 18.3 Å². The van der Waals surface area contributed by atoms with Gasteiger partial charge in [-0.05, 0) is 50.0 Å². The molecule has 2 fully saturated rings. The summed E-state index contributed by atoms with van der Waals surface area (Å²) in [5.74, 6) is -1.15. The number of hydrogen-bond acceptors (Lipinski definition) is 8. The summed E-state index contributed by atoms with van der Waals surface area (Å²) in [6.45, 7) is 5.90. The molecule has 0 unspecified atom stereocenters. The Morgan fingerprint density at radius 1 is 1.16 bits per heavy atom. The minimum atomic E-state index is -0.662. The predicted octanol–water partition coefficient (Wildman–Crippen LogP) is 5.37. The van der Waals surface area contributed by atoms with E-state index in [-0.39, 0.29) is 47.3 Å². The van der Waals surface area contributed by atoms with Crippen molar-refractivity contribution in [2.24, 2.45) is 0 Å². The molecule has 2 saturated heterocycles. The largest absolute Gasteiger partial charge is 0.462 e. The van der Waals surface area contributed by atoms with Crippen LogP contribution in [0.1, 0.15) is 19.3 Å². The monoisotopic (exact) mass is 617 g/mol. The molecule has 1 amide bonds. The Labute approximate surface area is 258 Å². The predicted molar refractivity (Wildman–Crippen MR) is 164 cm³/mol. The Bertz CT molecular complexity index is 1810. The van der Waals surface area contributed by atoms with E-state index < -0.39 is 17.7 Å². The van der Waals surface area contributed by atoms with Gasteiger partial charge in [0.1, 0.15) is 29.8 Å². The van der Waals surface area contributed by atoms with Gasteiger partial charge in [0.05, 0.1) is 28.9 Å². The molecule has 0 N–H and O–H groups in total. The van der Waals surface area contributed by atoms with Gasteiger partial charge in [-0.3, -0.25) is 4.79 Å². The highest BCUT2D eigenvalue weighted by Crippen LogP contribution is 2.38. The number of pyridine rings is 1. The van der Waals surface area contributed by atoms with E-state index in [1.807, 2.05) is 11.9 Å². The van der Waals surface area contributed by atoms with Gasteiger partial charge in [0.2, 0.25) is 5.91 Å². The number of amides is 1. The Kier molecular flexibility index (Phi) is 8.29. The van der Waals surface area contributed by atoms with Crippen molar-refractivity contribution in [3.05, 3.63) is 65.7 Å². The van der Waals surface area contributed by atoms with E-state index in [1.165, 1.54) is 18.2 Å². The Morgan fingerprint density at radius 2 is 2.00 bits per heavy atom. The van der Waals surface area contributed by atoms with Crippen molar-refractivity contribution in [2.45, 2.75) is 31.3 Å². The van der Waals surface area contributed by atoms with E-state index in [9.17, 15) is 14.4 Å². The SMILES string of the molecule is C=CC(=O)N1CCN(c2nc(OC[C@@H]3CCCN3C)nc3nc(-c4cccc5ccc(F)c(Cl)c45)c(F)cc23)C[C@@H]1CC#N. The van der Waals surface area contributed by atoms with Crippen LogP contribution in [0.3, 0.4) is 0 Å². The second-order valence-electron chi connectivity index (χ2n) is 11.1. The van der Waals surface area contributed by atoms with Crippen molar-refractivity contribution in [2.75, 3.05) is 44.7 Å². The fraction of sp³-hybridized carbons (Fsp3) is 0.344. The number of ether oxygens (including phenoxy) is 1. The van der Waals surface area contributed by atoms with Crippen LogP contribution >= 0.6 is 11.6 Å². The average Bonchev–Trinajstić information content (AvgIpc) is 3.45. The summed E-state index contributed by atoms with van der Waals surface area (Å²) in [6, 6.07) is 11.3. The van der Waals surface area contributed by atoms with Crippen LogP contribution in [0.4, 0.5) is 14.6 Å². The standard InChI is InChI=1S/C32H30ClF2N7O2/c1-3-26(43)42-15-14-41(17-20(42)11-12-36)31-23-16-25(35)29(22-8-4-6-19-9-10-24(34)28(33)27(19)22)37-30(23)38-32(39-31)44-18-21-7-5-13-40(21)2/h3-4,6,8-10,16,20-21H,1,5,7,11,13-15,17-18H2,2H3/t20-,21-/m0/s1. The molecule has 6 rings (SSSR count). The van der Waals surface area contributed by atoms with Gasteiger partial charge in [0, 0.05) is 36.6 Å². The summed E-state index contributed by atoms with van der Waals surface area (Å²) < 4.78 is 36.6. The second kappa shape index (κ2) is 12.3. The first-order chi connectivity index (χ1) is 21.3. The molecule has 0 radical (unpaired) electrons. The lowest BCUT2D eigenvalue weighted by atomic mass is 10.0. The number of nitrogens with zero attached hydrogens (tertiary/aromatic N) is 7. The van der Waals surface area contributed by atoms with Gasteiger partial charge in [-0.1, -0.05) is 42.4 Å². The Hall–Kier alpha value is -4.40. The fourth-order valence-electron chi connectivity index (χ4n) is 6.09. The number of carbonyl (C=O) groups excluding carboxylic acids is 1. The van der Waals surface area contributed by atoms with Crippen LogP contribution in [0.15, 0.2) is 49.1 Å². The van der Waals surface area contributed by atoms with E-state index in [1.54, 1.807) is 29.2 Å².